The molecule has 0 saturated heterocycles. The first-order valence-corrected chi connectivity index (χ1v) is 2.45. The summed E-state index contributed by atoms with van der Waals surface area (Å²) < 4.78 is 9.52. The van der Waals surface area contributed by atoms with Crippen molar-refractivity contribution in [2.24, 2.45) is 0 Å². The summed E-state index contributed by atoms with van der Waals surface area (Å²) in [7, 11) is 0. The molecule has 0 fully saturated rings. The fourth-order valence-electron chi connectivity index (χ4n) is 0.0976. The third-order valence-electron chi connectivity index (χ3n) is 0.463. The molecule has 8 heavy (non-hydrogen) atoms. The highest BCUT2D eigenvalue weighted by Crippen LogP contribution is 1.81. The SMILES string of the molecule is CC(=C=S=O)[N+](=O)[O-]. The van der Waals surface area contributed by atoms with Crippen LogP contribution in [0.3, 0.4) is 0 Å². The van der Waals surface area contributed by atoms with Gasteiger partial charge in [0.2, 0.25) is 0 Å². The van der Waals surface area contributed by atoms with Gasteiger partial charge in [-0.25, -0.2) is 4.21 Å². The molecule has 0 aromatic heterocycles. The Bertz CT molecular complexity index is 187. The summed E-state index contributed by atoms with van der Waals surface area (Å²) in [6.45, 7) is 1.21. The zero-order valence-electron chi connectivity index (χ0n) is 4.08. The quantitative estimate of drug-likeness (QED) is 0.282. The minimum atomic E-state index is -0.662. The summed E-state index contributed by atoms with van der Waals surface area (Å²) >= 11 is -0.0406. The summed E-state index contributed by atoms with van der Waals surface area (Å²) in [5, 5.41) is 11.6. The summed E-state index contributed by atoms with van der Waals surface area (Å²) in [5.41, 5.74) is -0.245. The van der Waals surface area contributed by atoms with Gasteiger partial charge in [0.05, 0.1) is 9.95 Å². The second-order valence-corrected chi connectivity index (χ2v) is 1.40. The lowest BCUT2D eigenvalue weighted by Crippen LogP contribution is -1.92. The number of hydrogen-bond donors (Lipinski definition) is 0. The van der Waals surface area contributed by atoms with Gasteiger partial charge in [-0.1, -0.05) is 0 Å². The average Bonchev–Trinajstić information content (AvgIpc) is 1.67. The van der Waals surface area contributed by atoms with E-state index in [9.17, 15) is 14.3 Å². The molecule has 0 aliphatic carbocycles. The Hall–Kier alpha value is -0.930. The summed E-state index contributed by atoms with van der Waals surface area (Å²) in [6.07, 6.45) is 0. The van der Waals surface area contributed by atoms with Crippen LogP contribution in [0, 0.1) is 10.1 Å². The highest BCUT2D eigenvalue weighted by Gasteiger charge is 1.96. The lowest BCUT2D eigenvalue weighted by Gasteiger charge is -1.77. The Morgan fingerprint density at radius 2 is 2.38 bits per heavy atom. The van der Waals surface area contributed by atoms with Gasteiger partial charge in [0.25, 0.3) is 5.70 Å². The minimum Gasteiger partial charge on any atom is -0.258 e. The van der Waals surface area contributed by atoms with Crippen LogP contribution in [0.25, 0.3) is 0 Å². The molecule has 0 N–H and O–H groups in total. The van der Waals surface area contributed by atoms with Crippen molar-refractivity contribution < 1.29 is 9.13 Å². The molecule has 0 unspecified atom stereocenters. The first-order chi connectivity index (χ1) is 3.68. The zero-order chi connectivity index (χ0) is 6.57. The first kappa shape index (κ1) is 7.07. The molecule has 0 amide bonds. The normalized spacial score (nSPS) is 7.12. The van der Waals surface area contributed by atoms with Crippen molar-refractivity contribution in [3.63, 3.8) is 0 Å². The predicted octanol–water partition coefficient (Wildman–Crippen LogP) is -0.219. The van der Waals surface area contributed by atoms with Crippen LogP contribution in [0.4, 0.5) is 0 Å². The number of rotatable bonds is 1. The molecule has 5 heteroatoms. The Morgan fingerprint density at radius 3 is 2.50 bits per heavy atom. The number of nitro groups is 1. The van der Waals surface area contributed by atoms with Gasteiger partial charge >= 0.3 is 0 Å². The van der Waals surface area contributed by atoms with E-state index in [1.54, 1.807) is 0 Å². The fraction of sp³-hybridized carbons (Fsp3) is 0.333. The third kappa shape index (κ3) is 2.28. The second-order valence-electron chi connectivity index (χ2n) is 1.03. The van der Waals surface area contributed by atoms with Crippen LogP contribution in [0.2, 0.25) is 0 Å². The zero-order valence-corrected chi connectivity index (χ0v) is 4.90. The van der Waals surface area contributed by atoms with Gasteiger partial charge in [-0.3, -0.25) is 10.1 Å². The van der Waals surface area contributed by atoms with E-state index < -0.39 is 4.92 Å². The average molecular weight is 133 g/mol. The van der Waals surface area contributed by atoms with Crippen molar-refractivity contribution in [2.75, 3.05) is 0 Å². The van der Waals surface area contributed by atoms with Gasteiger partial charge in [0.15, 0.2) is 0 Å². The molecule has 0 aliphatic heterocycles. The number of allylic oxidation sites excluding steroid dienone is 1. The van der Waals surface area contributed by atoms with Crippen LogP contribution in [-0.2, 0) is 11.3 Å². The van der Waals surface area contributed by atoms with Gasteiger partial charge in [0, 0.05) is 6.92 Å². The lowest BCUT2D eigenvalue weighted by molar-refractivity contribution is -0.421. The monoisotopic (exact) mass is 133 g/mol. The summed E-state index contributed by atoms with van der Waals surface area (Å²) in [5.74, 6) is 0. The largest absolute Gasteiger partial charge is 0.298 e. The van der Waals surface area contributed by atoms with E-state index in [1.807, 2.05) is 5.02 Å². The standard InChI is InChI=1S/C3H3NO3S/c1-3(2-8-7)4(5)6/h1H3. The van der Waals surface area contributed by atoms with Crippen LogP contribution >= 0.6 is 0 Å². The van der Waals surface area contributed by atoms with Gasteiger partial charge in [-0.2, -0.15) is 0 Å². The van der Waals surface area contributed by atoms with E-state index in [0.29, 0.717) is 0 Å². The Kier molecular flexibility index (Phi) is 2.76. The summed E-state index contributed by atoms with van der Waals surface area (Å²) in [4.78, 5) is 8.98. The molecule has 0 bridgehead atoms. The van der Waals surface area contributed by atoms with E-state index in [-0.39, 0.29) is 17.0 Å². The van der Waals surface area contributed by atoms with E-state index in [1.165, 1.54) is 6.92 Å². The van der Waals surface area contributed by atoms with Crippen molar-refractivity contribution in [1.82, 2.24) is 0 Å². The number of hydrogen-bond acceptors (Lipinski definition) is 3. The summed E-state index contributed by atoms with van der Waals surface area (Å²) in [6, 6.07) is 0. The first-order valence-electron chi connectivity index (χ1n) is 1.71. The molecular weight excluding hydrogens is 130 g/mol. The third-order valence-corrected chi connectivity index (χ3v) is 0.842. The van der Waals surface area contributed by atoms with Gasteiger partial charge in [0.1, 0.15) is 11.3 Å². The highest BCUT2D eigenvalue weighted by atomic mass is 32.1. The topological polar surface area (TPSA) is 60.2 Å². The maximum atomic E-state index is 9.64. The van der Waals surface area contributed by atoms with Crippen molar-refractivity contribution >= 4 is 16.3 Å². The molecule has 0 spiro atoms. The van der Waals surface area contributed by atoms with Crippen LogP contribution in [-0.4, -0.2) is 14.2 Å². The smallest absolute Gasteiger partial charge is 0.258 e. The molecule has 0 atom stereocenters. The van der Waals surface area contributed by atoms with Crippen molar-refractivity contribution in [3.05, 3.63) is 15.8 Å². The Balaban J connectivity index is 4.48. The maximum Gasteiger partial charge on any atom is 0.298 e. The van der Waals surface area contributed by atoms with E-state index >= 15 is 0 Å². The Labute approximate surface area is 49.0 Å². The van der Waals surface area contributed by atoms with E-state index in [4.69, 9.17) is 0 Å². The maximum absolute atomic E-state index is 9.64. The molecule has 44 valence electrons. The van der Waals surface area contributed by atoms with Crippen LogP contribution in [0.1, 0.15) is 6.92 Å². The molecule has 0 heterocycles. The van der Waals surface area contributed by atoms with Gasteiger partial charge < -0.3 is 0 Å². The lowest BCUT2D eigenvalue weighted by atomic mass is 10.6. The van der Waals surface area contributed by atoms with E-state index in [0.717, 1.165) is 0 Å². The van der Waals surface area contributed by atoms with Crippen molar-refractivity contribution in [3.8, 4) is 0 Å². The van der Waals surface area contributed by atoms with Crippen molar-refractivity contribution in [2.45, 2.75) is 6.92 Å². The molecular formula is C3H3NO3S. The number of nitrogens with zero attached hydrogens (tertiary/aromatic N) is 1. The molecule has 0 radical (unpaired) electrons. The van der Waals surface area contributed by atoms with Crippen LogP contribution < -0.4 is 0 Å². The molecule has 0 aromatic carbocycles. The minimum absolute atomic E-state index is 0.0406. The molecule has 0 saturated carbocycles. The predicted molar refractivity (Wildman–Crippen MR) is 29.3 cm³/mol. The van der Waals surface area contributed by atoms with Gasteiger partial charge in [-0.05, 0) is 0 Å². The van der Waals surface area contributed by atoms with Crippen LogP contribution in [0.15, 0.2) is 5.70 Å². The van der Waals surface area contributed by atoms with Crippen LogP contribution in [0.5, 0.6) is 0 Å². The van der Waals surface area contributed by atoms with Gasteiger partial charge in [-0.15, -0.1) is 0 Å². The molecule has 0 aromatic rings. The van der Waals surface area contributed by atoms with Crippen molar-refractivity contribution in [1.29, 1.82) is 0 Å². The molecule has 0 rings (SSSR count). The van der Waals surface area contributed by atoms with E-state index in [2.05, 4.69) is 0 Å². The second kappa shape index (κ2) is 3.12. The molecule has 0 aliphatic rings. The molecule has 4 nitrogen and oxygen atoms in total. The highest BCUT2D eigenvalue weighted by molar-refractivity contribution is 7.64. The fourth-order valence-corrected chi connectivity index (χ4v) is 0.293. The Morgan fingerprint density at radius 1 is 1.88 bits per heavy atom.